The van der Waals surface area contributed by atoms with E-state index < -0.39 is 36.6 Å². The van der Waals surface area contributed by atoms with Gasteiger partial charge in [0.25, 0.3) is 11.8 Å². The molecule has 0 bridgehead atoms. The highest BCUT2D eigenvalue weighted by atomic mass is 19.3. The minimum absolute atomic E-state index is 0.198. The molecule has 0 saturated heterocycles. The van der Waals surface area contributed by atoms with Crippen molar-refractivity contribution in [2.24, 2.45) is 0 Å². The highest BCUT2D eigenvalue weighted by molar-refractivity contribution is 6.17. The zero-order chi connectivity index (χ0) is 16.3. The maximum atomic E-state index is 14.0. The lowest BCUT2D eigenvalue weighted by Gasteiger charge is -2.14. The van der Waals surface area contributed by atoms with Crippen molar-refractivity contribution in [2.75, 3.05) is 18.5 Å². The standard InChI is InChI=1S/C13H11F3N2O4/c14-11-7(2-1-3-9(11)22-13(15)16)17-8-6-10(20)18(4-5-19)12(8)21/h1-3,6,13,17,19H,4-5H2. The average molecular weight is 316 g/mol. The predicted octanol–water partition coefficient (Wildman–Crippen LogP) is 1.08. The van der Waals surface area contributed by atoms with Crippen LogP contribution in [-0.4, -0.2) is 41.6 Å². The zero-order valence-corrected chi connectivity index (χ0v) is 11.1. The van der Waals surface area contributed by atoms with E-state index in [0.29, 0.717) is 0 Å². The maximum Gasteiger partial charge on any atom is 0.387 e. The van der Waals surface area contributed by atoms with Gasteiger partial charge in [-0.1, -0.05) is 6.07 Å². The van der Waals surface area contributed by atoms with Gasteiger partial charge in [0.05, 0.1) is 18.8 Å². The Balaban J connectivity index is 2.20. The van der Waals surface area contributed by atoms with Gasteiger partial charge in [0, 0.05) is 6.08 Å². The number of carbonyl (C=O) groups is 2. The molecule has 0 spiro atoms. The molecule has 9 heteroatoms. The highest BCUT2D eigenvalue weighted by Crippen LogP contribution is 2.27. The fourth-order valence-corrected chi connectivity index (χ4v) is 1.85. The molecule has 0 radical (unpaired) electrons. The summed E-state index contributed by atoms with van der Waals surface area (Å²) in [5, 5.41) is 11.1. The molecule has 0 unspecified atom stereocenters. The van der Waals surface area contributed by atoms with Crippen LogP contribution in [0.25, 0.3) is 0 Å². The number of aliphatic hydroxyl groups is 1. The summed E-state index contributed by atoms with van der Waals surface area (Å²) in [4.78, 5) is 24.2. The monoisotopic (exact) mass is 316 g/mol. The topological polar surface area (TPSA) is 78.9 Å². The molecule has 2 amide bonds. The Morgan fingerprint density at radius 2 is 2.05 bits per heavy atom. The van der Waals surface area contributed by atoms with Gasteiger partial charge in [-0.15, -0.1) is 0 Å². The summed E-state index contributed by atoms with van der Waals surface area (Å²) < 4.78 is 42.2. The molecule has 0 aromatic heterocycles. The van der Waals surface area contributed by atoms with Gasteiger partial charge in [-0.25, -0.2) is 4.39 Å². The Morgan fingerprint density at radius 3 is 2.68 bits per heavy atom. The van der Waals surface area contributed by atoms with Crippen LogP contribution < -0.4 is 10.1 Å². The van der Waals surface area contributed by atoms with E-state index in [9.17, 15) is 22.8 Å². The molecule has 0 aliphatic carbocycles. The van der Waals surface area contributed by atoms with Crippen LogP contribution in [0.1, 0.15) is 0 Å². The van der Waals surface area contributed by atoms with Crippen LogP contribution in [0.5, 0.6) is 5.75 Å². The molecule has 2 N–H and O–H groups in total. The molecule has 0 atom stereocenters. The number of imide groups is 1. The van der Waals surface area contributed by atoms with Crippen molar-refractivity contribution in [1.82, 2.24) is 4.90 Å². The smallest absolute Gasteiger partial charge is 0.387 e. The van der Waals surface area contributed by atoms with Crippen molar-refractivity contribution in [1.29, 1.82) is 0 Å². The lowest BCUT2D eigenvalue weighted by Crippen LogP contribution is -2.34. The Kier molecular flexibility index (Phi) is 4.66. The number of alkyl halides is 2. The molecule has 118 valence electrons. The van der Waals surface area contributed by atoms with Crippen molar-refractivity contribution in [3.63, 3.8) is 0 Å². The zero-order valence-electron chi connectivity index (χ0n) is 11.1. The molecule has 1 aromatic carbocycles. The fraction of sp³-hybridized carbons (Fsp3) is 0.231. The number of amides is 2. The van der Waals surface area contributed by atoms with Gasteiger partial charge < -0.3 is 15.2 Å². The predicted molar refractivity (Wildman–Crippen MR) is 68.5 cm³/mol. The minimum atomic E-state index is -3.20. The number of nitrogens with one attached hydrogen (secondary N) is 1. The summed E-state index contributed by atoms with van der Waals surface area (Å²) in [5.74, 6) is -3.23. The van der Waals surface area contributed by atoms with Gasteiger partial charge in [-0.3, -0.25) is 14.5 Å². The lowest BCUT2D eigenvalue weighted by atomic mass is 10.2. The first-order valence-corrected chi connectivity index (χ1v) is 6.12. The third-order valence-corrected chi connectivity index (χ3v) is 2.78. The molecule has 22 heavy (non-hydrogen) atoms. The average Bonchev–Trinajstić information content (AvgIpc) is 2.71. The fourth-order valence-electron chi connectivity index (χ4n) is 1.85. The van der Waals surface area contributed by atoms with Crippen LogP contribution >= 0.6 is 0 Å². The first kappa shape index (κ1) is 15.8. The van der Waals surface area contributed by atoms with E-state index in [4.69, 9.17) is 5.11 Å². The van der Waals surface area contributed by atoms with Crippen molar-refractivity contribution in [2.45, 2.75) is 6.61 Å². The first-order valence-electron chi connectivity index (χ1n) is 6.12. The Morgan fingerprint density at radius 1 is 1.32 bits per heavy atom. The van der Waals surface area contributed by atoms with Crippen molar-refractivity contribution in [3.8, 4) is 5.75 Å². The first-order chi connectivity index (χ1) is 10.4. The van der Waals surface area contributed by atoms with Crippen molar-refractivity contribution >= 4 is 17.5 Å². The number of anilines is 1. The van der Waals surface area contributed by atoms with Gasteiger partial charge >= 0.3 is 6.61 Å². The number of carbonyl (C=O) groups excluding carboxylic acids is 2. The molecule has 1 aliphatic rings. The van der Waals surface area contributed by atoms with E-state index >= 15 is 0 Å². The number of aliphatic hydroxyl groups excluding tert-OH is 1. The second-order valence-corrected chi connectivity index (χ2v) is 4.20. The van der Waals surface area contributed by atoms with Gasteiger partial charge in [0.15, 0.2) is 11.6 Å². The van der Waals surface area contributed by atoms with E-state index in [-0.39, 0.29) is 17.9 Å². The van der Waals surface area contributed by atoms with Gasteiger partial charge in [-0.2, -0.15) is 8.78 Å². The summed E-state index contributed by atoms with van der Waals surface area (Å²) in [6, 6.07) is 3.44. The number of hydrogen-bond donors (Lipinski definition) is 2. The number of nitrogens with zero attached hydrogens (tertiary/aromatic N) is 1. The highest BCUT2D eigenvalue weighted by Gasteiger charge is 2.31. The number of benzene rings is 1. The summed E-state index contributed by atoms with van der Waals surface area (Å²) in [7, 11) is 0. The van der Waals surface area contributed by atoms with Gasteiger partial charge in [0.2, 0.25) is 0 Å². The molecule has 0 fully saturated rings. The molecule has 1 aromatic rings. The van der Waals surface area contributed by atoms with Crippen LogP contribution in [0.15, 0.2) is 30.0 Å². The normalized spacial score (nSPS) is 14.6. The van der Waals surface area contributed by atoms with Crippen LogP contribution in [0.2, 0.25) is 0 Å². The molecular formula is C13H11F3N2O4. The van der Waals surface area contributed by atoms with Gasteiger partial charge in [-0.05, 0) is 12.1 Å². The minimum Gasteiger partial charge on any atom is -0.432 e. The second kappa shape index (κ2) is 6.48. The summed E-state index contributed by atoms with van der Waals surface area (Å²) in [6.07, 6.45) is 0.929. The Labute approximate surface area is 122 Å². The van der Waals surface area contributed by atoms with E-state index in [0.717, 1.165) is 17.0 Å². The van der Waals surface area contributed by atoms with Crippen LogP contribution in [0.3, 0.4) is 0 Å². The molecule has 6 nitrogen and oxygen atoms in total. The molecule has 0 saturated carbocycles. The molecular weight excluding hydrogens is 305 g/mol. The van der Waals surface area contributed by atoms with E-state index in [1.165, 1.54) is 12.1 Å². The van der Waals surface area contributed by atoms with E-state index in [1.54, 1.807) is 0 Å². The second-order valence-electron chi connectivity index (χ2n) is 4.20. The number of ether oxygens (including phenoxy) is 1. The molecule has 2 rings (SSSR count). The summed E-state index contributed by atoms with van der Waals surface area (Å²) in [6.45, 7) is -3.81. The molecule has 1 aliphatic heterocycles. The third-order valence-electron chi connectivity index (χ3n) is 2.78. The SMILES string of the molecule is O=C1C=C(Nc2cccc(OC(F)F)c2F)C(=O)N1CCO. The van der Waals surface area contributed by atoms with Gasteiger partial charge in [0.1, 0.15) is 5.70 Å². The Bertz CT molecular complexity index is 634. The summed E-state index contributed by atoms with van der Waals surface area (Å²) in [5.41, 5.74) is -0.525. The third kappa shape index (κ3) is 3.19. The number of hydrogen-bond acceptors (Lipinski definition) is 5. The van der Waals surface area contributed by atoms with Crippen LogP contribution in [0, 0.1) is 5.82 Å². The molecule has 1 heterocycles. The van der Waals surface area contributed by atoms with Crippen molar-refractivity contribution < 1.29 is 32.6 Å². The number of β-amino-alcohol motifs (C(OH)–C–C–N with tert-alkyl or cyclic N) is 1. The number of rotatable bonds is 6. The quantitative estimate of drug-likeness (QED) is 0.768. The Hall–Kier alpha value is -2.55. The van der Waals surface area contributed by atoms with Crippen LogP contribution in [0.4, 0.5) is 18.9 Å². The van der Waals surface area contributed by atoms with Crippen LogP contribution in [-0.2, 0) is 9.59 Å². The van der Waals surface area contributed by atoms with Crippen molar-refractivity contribution in [3.05, 3.63) is 35.8 Å². The maximum absolute atomic E-state index is 14.0. The van der Waals surface area contributed by atoms with E-state index in [1.807, 2.05) is 0 Å². The van der Waals surface area contributed by atoms with E-state index in [2.05, 4.69) is 10.1 Å². The largest absolute Gasteiger partial charge is 0.432 e. The lowest BCUT2D eigenvalue weighted by molar-refractivity contribution is -0.137. The number of halogens is 3. The summed E-state index contributed by atoms with van der Waals surface area (Å²) >= 11 is 0.